The SMILES string of the molecule is C[C@H]1O[C@@](O)(O[Si](C)(C)C(C)(C)C)C[C@H](NC(=O)C(F)(F)F)[C@H]1OC(=O)CBr. The van der Waals surface area contributed by atoms with Crippen LogP contribution in [0.2, 0.25) is 18.1 Å². The van der Waals surface area contributed by atoms with Crippen LogP contribution >= 0.6 is 15.9 Å². The third kappa shape index (κ3) is 6.41. The Labute approximate surface area is 171 Å². The summed E-state index contributed by atoms with van der Waals surface area (Å²) in [6.07, 6.45) is -7.94. The van der Waals surface area contributed by atoms with Crippen molar-refractivity contribution in [3.8, 4) is 0 Å². The summed E-state index contributed by atoms with van der Waals surface area (Å²) in [5.74, 6) is -5.19. The highest BCUT2D eigenvalue weighted by Crippen LogP contribution is 2.42. The maximum atomic E-state index is 12.7. The highest BCUT2D eigenvalue weighted by atomic mass is 79.9. The van der Waals surface area contributed by atoms with E-state index in [4.69, 9.17) is 13.9 Å². The molecule has 1 aliphatic rings. The van der Waals surface area contributed by atoms with Crippen LogP contribution in [0.4, 0.5) is 13.2 Å². The van der Waals surface area contributed by atoms with Crippen LogP contribution in [0.5, 0.6) is 0 Å². The first-order valence-corrected chi connectivity index (χ1v) is 12.7. The number of rotatable bonds is 5. The number of nitrogens with one attached hydrogen (secondary N) is 1. The smallest absolute Gasteiger partial charge is 0.457 e. The highest BCUT2D eigenvalue weighted by molar-refractivity contribution is 9.09. The van der Waals surface area contributed by atoms with E-state index < -0.39 is 57.0 Å². The average Bonchev–Trinajstić information content (AvgIpc) is 2.47. The number of alkyl halides is 4. The second-order valence-corrected chi connectivity index (χ2v) is 13.6. The average molecular weight is 494 g/mol. The van der Waals surface area contributed by atoms with E-state index in [1.165, 1.54) is 6.92 Å². The molecule has 1 rings (SSSR count). The third-order valence-corrected chi connectivity index (χ3v) is 9.78. The topological polar surface area (TPSA) is 94.1 Å². The molecule has 0 radical (unpaired) electrons. The molecule has 1 amide bonds. The van der Waals surface area contributed by atoms with Gasteiger partial charge in [-0.05, 0) is 25.1 Å². The Balaban J connectivity index is 3.15. The van der Waals surface area contributed by atoms with Gasteiger partial charge in [-0.3, -0.25) is 9.59 Å². The molecule has 1 aliphatic heterocycles. The molecule has 7 nitrogen and oxygen atoms in total. The number of aliphatic hydroxyl groups is 1. The first-order chi connectivity index (χ1) is 12.4. The molecule has 0 unspecified atom stereocenters. The van der Waals surface area contributed by atoms with Crippen molar-refractivity contribution < 1.29 is 41.8 Å². The van der Waals surface area contributed by atoms with Crippen molar-refractivity contribution in [2.75, 3.05) is 5.33 Å². The van der Waals surface area contributed by atoms with Crippen LogP contribution in [-0.2, 0) is 23.5 Å². The summed E-state index contributed by atoms with van der Waals surface area (Å²) in [6, 6.07) is -1.37. The zero-order valence-corrected chi connectivity index (χ0v) is 19.2. The van der Waals surface area contributed by atoms with Crippen LogP contribution in [0.15, 0.2) is 0 Å². The van der Waals surface area contributed by atoms with Crippen LogP contribution in [0.3, 0.4) is 0 Å². The second-order valence-electron chi connectivity index (χ2n) is 8.27. The molecule has 0 aromatic carbocycles. The minimum Gasteiger partial charge on any atom is -0.457 e. The molecule has 0 saturated carbocycles. The number of hydrogen-bond donors (Lipinski definition) is 2. The van der Waals surface area contributed by atoms with Crippen LogP contribution < -0.4 is 5.32 Å². The second kappa shape index (κ2) is 8.58. The van der Waals surface area contributed by atoms with Gasteiger partial charge in [0.05, 0.1) is 18.6 Å². The van der Waals surface area contributed by atoms with Crippen LogP contribution in [-0.4, -0.2) is 61.0 Å². The van der Waals surface area contributed by atoms with Gasteiger partial charge in [0.25, 0.3) is 5.97 Å². The molecule has 164 valence electrons. The predicted octanol–water partition coefficient (Wildman–Crippen LogP) is 2.82. The van der Waals surface area contributed by atoms with Crippen molar-refractivity contribution in [3.63, 3.8) is 0 Å². The molecular formula is C16H27BrF3NO6Si. The number of esters is 1. The predicted molar refractivity (Wildman–Crippen MR) is 100 cm³/mol. The van der Waals surface area contributed by atoms with E-state index in [-0.39, 0.29) is 10.4 Å². The molecule has 12 heteroatoms. The standard InChI is InChI=1S/C16H27BrF3NO6Si/c1-9-12(25-11(22)8-17)10(21-13(23)16(18,19)20)7-15(24,26-9)27-28(5,6)14(2,3)4/h9-10,12,24H,7-8H2,1-6H3,(H,21,23)/t9-,10+,12+,15-/m1/s1. The lowest BCUT2D eigenvalue weighted by Crippen LogP contribution is -2.64. The normalized spacial score (nSPS) is 29.3. The summed E-state index contributed by atoms with van der Waals surface area (Å²) in [7, 11) is -2.59. The minimum atomic E-state index is -5.13. The lowest BCUT2D eigenvalue weighted by Gasteiger charge is -2.48. The number of hydrogen-bond acceptors (Lipinski definition) is 6. The van der Waals surface area contributed by atoms with Crippen molar-refractivity contribution in [2.45, 2.75) is 82.6 Å². The van der Waals surface area contributed by atoms with E-state index in [0.717, 1.165) is 0 Å². The fraction of sp³-hybridized carbons (Fsp3) is 0.875. The lowest BCUT2D eigenvalue weighted by atomic mass is 9.98. The number of carbonyl (C=O) groups excluding carboxylic acids is 2. The summed E-state index contributed by atoms with van der Waals surface area (Å²) >= 11 is 2.90. The molecule has 2 N–H and O–H groups in total. The van der Waals surface area contributed by atoms with Crippen LogP contribution in [0.1, 0.15) is 34.1 Å². The maximum absolute atomic E-state index is 12.7. The number of ether oxygens (including phenoxy) is 2. The molecule has 0 aromatic rings. The van der Waals surface area contributed by atoms with E-state index in [1.54, 1.807) is 5.32 Å². The quantitative estimate of drug-likeness (QED) is 0.264. The molecule has 0 bridgehead atoms. The van der Waals surface area contributed by atoms with Crippen LogP contribution in [0, 0.1) is 0 Å². The van der Waals surface area contributed by atoms with Gasteiger partial charge in [0.2, 0.25) is 0 Å². The molecule has 0 aromatic heterocycles. The fourth-order valence-electron chi connectivity index (χ4n) is 2.49. The summed E-state index contributed by atoms with van der Waals surface area (Å²) in [5, 5.41) is 12.1. The largest absolute Gasteiger partial charge is 0.471 e. The first-order valence-electron chi connectivity index (χ1n) is 8.65. The summed E-state index contributed by atoms with van der Waals surface area (Å²) in [5.41, 5.74) is 0. The van der Waals surface area contributed by atoms with Gasteiger partial charge in [-0.1, -0.05) is 36.7 Å². The van der Waals surface area contributed by atoms with Gasteiger partial charge in [0.1, 0.15) is 11.4 Å². The Morgan fingerprint density at radius 3 is 2.29 bits per heavy atom. The Morgan fingerprint density at radius 2 is 1.86 bits per heavy atom. The van der Waals surface area contributed by atoms with E-state index in [9.17, 15) is 27.9 Å². The summed E-state index contributed by atoms with van der Waals surface area (Å²) in [4.78, 5) is 23.1. The molecule has 0 spiro atoms. The van der Waals surface area contributed by atoms with Crippen molar-refractivity contribution in [2.24, 2.45) is 0 Å². The van der Waals surface area contributed by atoms with Crippen molar-refractivity contribution in [1.29, 1.82) is 0 Å². The van der Waals surface area contributed by atoms with Crippen LogP contribution in [0.25, 0.3) is 0 Å². The van der Waals surface area contributed by atoms with Gasteiger partial charge < -0.3 is 24.3 Å². The highest BCUT2D eigenvalue weighted by Gasteiger charge is 2.54. The monoisotopic (exact) mass is 493 g/mol. The summed E-state index contributed by atoms with van der Waals surface area (Å²) < 4.78 is 54.7. The Hall–Kier alpha value is -0.693. The first kappa shape index (κ1) is 25.3. The molecule has 0 aliphatic carbocycles. The van der Waals surface area contributed by atoms with Gasteiger partial charge in [0, 0.05) is 0 Å². The van der Waals surface area contributed by atoms with E-state index in [0.29, 0.717) is 0 Å². The molecule has 4 atom stereocenters. The minimum absolute atomic E-state index is 0.194. The van der Waals surface area contributed by atoms with Crippen molar-refractivity contribution >= 4 is 36.1 Å². The molecular weight excluding hydrogens is 467 g/mol. The molecule has 1 saturated heterocycles. The van der Waals surface area contributed by atoms with E-state index in [1.807, 2.05) is 33.9 Å². The van der Waals surface area contributed by atoms with Gasteiger partial charge in [0.15, 0.2) is 8.32 Å². The zero-order chi connectivity index (χ0) is 22.1. The summed E-state index contributed by atoms with van der Waals surface area (Å²) in [6.45, 7) is 10.8. The van der Waals surface area contributed by atoms with E-state index >= 15 is 0 Å². The third-order valence-electron chi connectivity index (χ3n) is 4.88. The number of carbonyl (C=O) groups is 2. The Kier molecular flexibility index (Phi) is 7.77. The molecule has 1 fully saturated rings. The van der Waals surface area contributed by atoms with Gasteiger partial charge >= 0.3 is 18.1 Å². The molecule has 1 heterocycles. The number of amides is 1. The van der Waals surface area contributed by atoms with E-state index in [2.05, 4.69) is 15.9 Å². The van der Waals surface area contributed by atoms with Crippen molar-refractivity contribution in [3.05, 3.63) is 0 Å². The van der Waals surface area contributed by atoms with Gasteiger partial charge in [-0.2, -0.15) is 13.2 Å². The van der Waals surface area contributed by atoms with Gasteiger partial charge in [-0.25, -0.2) is 0 Å². The lowest BCUT2D eigenvalue weighted by molar-refractivity contribution is -0.374. The maximum Gasteiger partial charge on any atom is 0.471 e. The Morgan fingerprint density at radius 1 is 1.32 bits per heavy atom. The fourth-order valence-corrected chi connectivity index (χ4v) is 3.86. The Bertz CT molecular complexity index is 598. The number of halogens is 4. The molecule has 28 heavy (non-hydrogen) atoms. The van der Waals surface area contributed by atoms with Crippen molar-refractivity contribution in [1.82, 2.24) is 5.32 Å². The van der Waals surface area contributed by atoms with Gasteiger partial charge in [-0.15, -0.1) is 0 Å². The zero-order valence-electron chi connectivity index (χ0n) is 16.6.